The van der Waals surface area contributed by atoms with Gasteiger partial charge < -0.3 is 9.84 Å². The normalized spacial score (nSPS) is 11.9. The van der Waals surface area contributed by atoms with Crippen LogP contribution in [-0.4, -0.2) is 15.9 Å². The Balaban J connectivity index is 2.26. The smallest absolute Gasteiger partial charge is 0.317 e. The van der Waals surface area contributed by atoms with Crippen LogP contribution in [0.3, 0.4) is 0 Å². The number of para-hydroxylation sites is 1. The van der Waals surface area contributed by atoms with Crippen LogP contribution in [0.2, 0.25) is 5.02 Å². The molecule has 0 heterocycles. The van der Waals surface area contributed by atoms with Crippen molar-refractivity contribution < 1.29 is 14.6 Å². The van der Waals surface area contributed by atoms with Gasteiger partial charge in [-0.3, -0.25) is 4.79 Å². The van der Waals surface area contributed by atoms with Gasteiger partial charge in [-0.1, -0.05) is 45.7 Å². The summed E-state index contributed by atoms with van der Waals surface area (Å²) in [5, 5.41) is 9.52. The molecule has 1 atom stereocenters. The highest BCUT2D eigenvalue weighted by atomic mass is 79.9. The Morgan fingerprint density at radius 2 is 1.95 bits per heavy atom. The average Bonchev–Trinajstić information content (AvgIpc) is 2.43. The number of carboxylic acids is 1. The molecule has 104 valence electrons. The van der Waals surface area contributed by atoms with Crippen molar-refractivity contribution in [1.29, 1.82) is 0 Å². The van der Waals surface area contributed by atoms with Gasteiger partial charge in [-0.25, -0.2) is 0 Å². The minimum Gasteiger partial charge on any atom is -0.480 e. The van der Waals surface area contributed by atoms with Crippen LogP contribution in [0.4, 0.5) is 0 Å². The number of aliphatic carboxylic acids is 1. The van der Waals surface area contributed by atoms with Gasteiger partial charge in [0.05, 0.1) is 0 Å². The van der Waals surface area contributed by atoms with Crippen LogP contribution >= 0.6 is 27.5 Å². The SMILES string of the molecule is O=C(O)C(Br)Cc1cc(Cl)ccc1Oc1ccccc1. The van der Waals surface area contributed by atoms with Gasteiger partial charge in [0.25, 0.3) is 0 Å². The van der Waals surface area contributed by atoms with Crippen molar-refractivity contribution in [2.24, 2.45) is 0 Å². The Morgan fingerprint density at radius 3 is 2.60 bits per heavy atom. The summed E-state index contributed by atoms with van der Waals surface area (Å²) >= 11 is 9.09. The largest absolute Gasteiger partial charge is 0.480 e. The van der Waals surface area contributed by atoms with Gasteiger partial charge in [0.2, 0.25) is 0 Å². The second-order valence-electron chi connectivity index (χ2n) is 4.18. The third kappa shape index (κ3) is 3.99. The lowest BCUT2D eigenvalue weighted by Crippen LogP contribution is -2.15. The summed E-state index contributed by atoms with van der Waals surface area (Å²) in [5.41, 5.74) is 0.741. The van der Waals surface area contributed by atoms with Crippen molar-refractivity contribution in [3.63, 3.8) is 0 Å². The molecule has 0 bridgehead atoms. The van der Waals surface area contributed by atoms with Crippen LogP contribution in [-0.2, 0) is 11.2 Å². The van der Waals surface area contributed by atoms with Crippen LogP contribution in [0.5, 0.6) is 11.5 Å². The molecule has 3 nitrogen and oxygen atoms in total. The first-order valence-corrected chi connectivity index (χ1v) is 7.24. The van der Waals surface area contributed by atoms with E-state index in [1.54, 1.807) is 18.2 Å². The molecule has 2 rings (SSSR count). The number of carbonyl (C=O) groups is 1. The first-order chi connectivity index (χ1) is 9.56. The molecule has 0 aliphatic rings. The highest BCUT2D eigenvalue weighted by Crippen LogP contribution is 2.29. The third-order valence-electron chi connectivity index (χ3n) is 2.66. The second-order valence-corrected chi connectivity index (χ2v) is 5.72. The number of hydrogen-bond acceptors (Lipinski definition) is 2. The molecule has 0 radical (unpaired) electrons. The quantitative estimate of drug-likeness (QED) is 0.802. The first kappa shape index (κ1) is 14.9. The summed E-state index contributed by atoms with van der Waals surface area (Å²) in [6.45, 7) is 0. The van der Waals surface area contributed by atoms with Crippen LogP contribution in [0.25, 0.3) is 0 Å². The Labute approximate surface area is 130 Å². The van der Waals surface area contributed by atoms with E-state index in [4.69, 9.17) is 21.4 Å². The molecule has 0 fully saturated rings. The maximum atomic E-state index is 10.9. The molecular weight excluding hydrogens is 344 g/mol. The van der Waals surface area contributed by atoms with Crippen molar-refractivity contribution in [3.05, 3.63) is 59.1 Å². The minimum atomic E-state index is -0.921. The molecule has 1 unspecified atom stereocenters. The number of ether oxygens (including phenoxy) is 1. The summed E-state index contributed by atoms with van der Waals surface area (Å²) in [5.74, 6) is 0.374. The summed E-state index contributed by atoms with van der Waals surface area (Å²) < 4.78 is 5.77. The van der Waals surface area contributed by atoms with Crippen molar-refractivity contribution in [3.8, 4) is 11.5 Å². The van der Waals surface area contributed by atoms with Gasteiger partial charge in [-0.2, -0.15) is 0 Å². The second kappa shape index (κ2) is 6.77. The lowest BCUT2D eigenvalue weighted by Gasteiger charge is -2.13. The van der Waals surface area contributed by atoms with E-state index >= 15 is 0 Å². The predicted octanol–water partition coefficient (Wildman–Crippen LogP) is 4.52. The van der Waals surface area contributed by atoms with Crippen molar-refractivity contribution in [1.82, 2.24) is 0 Å². The molecule has 0 saturated heterocycles. The third-order valence-corrected chi connectivity index (χ3v) is 3.61. The Hall–Kier alpha value is -1.52. The fraction of sp³-hybridized carbons (Fsp3) is 0.133. The molecule has 2 aromatic rings. The van der Waals surface area contributed by atoms with Gasteiger partial charge in [0, 0.05) is 5.02 Å². The summed E-state index contributed by atoms with van der Waals surface area (Å²) in [7, 11) is 0. The number of halogens is 2. The molecular formula is C15H12BrClO3. The molecule has 0 aromatic heterocycles. The zero-order valence-electron chi connectivity index (χ0n) is 10.4. The van der Waals surface area contributed by atoms with Crippen molar-refractivity contribution in [2.45, 2.75) is 11.2 Å². The molecule has 5 heteroatoms. The number of carboxylic acid groups (broad SMARTS) is 1. The number of hydrogen-bond donors (Lipinski definition) is 1. The molecule has 0 aliphatic carbocycles. The van der Waals surface area contributed by atoms with E-state index in [1.165, 1.54) is 0 Å². The monoisotopic (exact) mass is 354 g/mol. The van der Waals surface area contributed by atoms with E-state index in [9.17, 15) is 4.79 Å². The van der Waals surface area contributed by atoms with E-state index in [0.717, 1.165) is 5.56 Å². The van der Waals surface area contributed by atoms with Gasteiger partial charge in [0.15, 0.2) is 0 Å². The van der Waals surface area contributed by atoms with Crippen molar-refractivity contribution >= 4 is 33.5 Å². The predicted molar refractivity (Wildman–Crippen MR) is 82.0 cm³/mol. The summed E-state index contributed by atoms with van der Waals surface area (Å²) in [4.78, 5) is 10.3. The van der Waals surface area contributed by atoms with E-state index in [1.807, 2.05) is 30.3 Å². The number of benzene rings is 2. The minimum absolute atomic E-state index is 0.290. The molecule has 1 N–H and O–H groups in total. The first-order valence-electron chi connectivity index (χ1n) is 5.94. The van der Waals surface area contributed by atoms with Gasteiger partial charge >= 0.3 is 5.97 Å². The lowest BCUT2D eigenvalue weighted by atomic mass is 10.1. The lowest BCUT2D eigenvalue weighted by molar-refractivity contribution is -0.136. The average molecular weight is 356 g/mol. The molecule has 0 spiro atoms. The zero-order valence-corrected chi connectivity index (χ0v) is 12.8. The summed E-state index contributed by atoms with van der Waals surface area (Å²) in [6.07, 6.45) is 0.290. The molecule has 20 heavy (non-hydrogen) atoms. The zero-order chi connectivity index (χ0) is 14.5. The highest BCUT2D eigenvalue weighted by molar-refractivity contribution is 9.10. The molecule has 2 aromatic carbocycles. The molecule has 0 saturated carbocycles. The topological polar surface area (TPSA) is 46.5 Å². The van der Waals surface area contributed by atoms with Crippen LogP contribution in [0.15, 0.2) is 48.5 Å². The van der Waals surface area contributed by atoms with Gasteiger partial charge in [-0.15, -0.1) is 0 Å². The Bertz CT molecular complexity index is 601. The van der Waals surface area contributed by atoms with Crippen LogP contribution < -0.4 is 4.74 Å². The van der Waals surface area contributed by atoms with Crippen LogP contribution in [0, 0.1) is 0 Å². The van der Waals surface area contributed by atoms with Crippen molar-refractivity contribution in [2.75, 3.05) is 0 Å². The van der Waals surface area contributed by atoms with E-state index < -0.39 is 10.8 Å². The Kier molecular flexibility index (Phi) is 5.04. The highest BCUT2D eigenvalue weighted by Gasteiger charge is 2.17. The van der Waals surface area contributed by atoms with E-state index in [0.29, 0.717) is 16.5 Å². The maximum Gasteiger partial charge on any atom is 0.317 e. The van der Waals surface area contributed by atoms with E-state index in [-0.39, 0.29) is 6.42 Å². The molecule has 0 aliphatic heterocycles. The van der Waals surface area contributed by atoms with Crippen LogP contribution in [0.1, 0.15) is 5.56 Å². The molecule has 0 amide bonds. The van der Waals surface area contributed by atoms with Gasteiger partial charge in [-0.05, 0) is 42.3 Å². The fourth-order valence-corrected chi connectivity index (χ4v) is 2.25. The standard InChI is InChI=1S/C15H12BrClO3/c16-13(15(18)19)9-10-8-11(17)6-7-14(10)20-12-4-2-1-3-5-12/h1-8,13H,9H2,(H,18,19). The van der Waals surface area contributed by atoms with E-state index in [2.05, 4.69) is 15.9 Å². The van der Waals surface area contributed by atoms with Gasteiger partial charge in [0.1, 0.15) is 16.3 Å². The number of rotatable bonds is 5. The summed E-state index contributed by atoms with van der Waals surface area (Å²) in [6, 6.07) is 14.5. The fourth-order valence-electron chi connectivity index (χ4n) is 1.70. The Morgan fingerprint density at radius 1 is 1.25 bits per heavy atom. The number of alkyl halides is 1. The maximum absolute atomic E-state index is 10.9.